The van der Waals surface area contributed by atoms with Gasteiger partial charge in [-0.2, -0.15) is 4.99 Å². The van der Waals surface area contributed by atoms with E-state index in [4.69, 9.17) is 11.5 Å². The number of guanidine groups is 1. The number of hydrogen-bond acceptors (Lipinski definition) is 6. The molecule has 0 spiro atoms. The molecule has 1 unspecified atom stereocenters. The first kappa shape index (κ1) is 25.1. The number of nitrogens with zero attached hydrogens (tertiary/aromatic N) is 3. The van der Waals surface area contributed by atoms with E-state index < -0.39 is 17.9 Å². The summed E-state index contributed by atoms with van der Waals surface area (Å²) in [5, 5.41) is 12.2. The lowest BCUT2D eigenvalue weighted by atomic mass is 10.0. The fourth-order valence-electron chi connectivity index (χ4n) is 3.13. The van der Waals surface area contributed by atoms with Crippen LogP contribution in [-0.4, -0.2) is 51.3 Å². The number of nitrogens with one attached hydrogen (secondary N) is 1. The molecule has 0 aliphatic heterocycles. The molecule has 1 aliphatic carbocycles. The number of carboxylic acid groups (broad SMARTS) is 1. The molecule has 0 radical (unpaired) electrons. The number of carbonyl (C=O) groups is 3. The Hall–Kier alpha value is -3.18. The molecule has 1 atom stereocenters. The minimum absolute atomic E-state index is 0. The molecule has 2 amide bonds. The van der Waals surface area contributed by atoms with E-state index in [0.29, 0.717) is 16.1 Å². The van der Waals surface area contributed by atoms with Crippen LogP contribution in [0, 0.1) is 6.92 Å². The third-order valence-electron chi connectivity index (χ3n) is 4.68. The van der Waals surface area contributed by atoms with Gasteiger partial charge in [0.15, 0.2) is 5.96 Å². The summed E-state index contributed by atoms with van der Waals surface area (Å²) in [4.78, 5) is 47.1. The fourth-order valence-corrected chi connectivity index (χ4v) is 4.04. The molecule has 6 N–H and O–H groups in total. The standard InChI is InChI=1S/C20H24N6O4S.ClH/c1-11-17(31-20(23-11)25-19(21)22)18(30)26(13-7-8-13)10-15(27)24-14(9-16(28)29)12-5-3-2-4-6-12;/h2-6,13-14H,7-10H2,1H3,(H,24,27)(H,28,29)(H4,21,22,23,25);1H. The Morgan fingerprint density at radius 3 is 2.50 bits per heavy atom. The van der Waals surface area contributed by atoms with Crippen LogP contribution in [0.15, 0.2) is 35.3 Å². The lowest BCUT2D eigenvalue weighted by Gasteiger charge is -2.24. The zero-order chi connectivity index (χ0) is 22.5. The van der Waals surface area contributed by atoms with Crippen molar-refractivity contribution in [1.29, 1.82) is 0 Å². The molecular formula is C20H25ClN6O4S. The van der Waals surface area contributed by atoms with Crippen molar-refractivity contribution in [3.63, 3.8) is 0 Å². The van der Waals surface area contributed by atoms with Gasteiger partial charge in [-0.25, -0.2) is 4.98 Å². The summed E-state index contributed by atoms with van der Waals surface area (Å²) in [6.45, 7) is 1.50. The number of thiazole rings is 1. The van der Waals surface area contributed by atoms with E-state index in [1.807, 2.05) is 6.07 Å². The quantitative estimate of drug-likeness (QED) is 0.313. The van der Waals surface area contributed by atoms with E-state index in [1.54, 1.807) is 31.2 Å². The molecule has 12 heteroatoms. The Morgan fingerprint density at radius 1 is 1.28 bits per heavy atom. The number of hydrogen-bond donors (Lipinski definition) is 4. The summed E-state index contributed by atoms with van der Waals surface area (Å²) in [6.07, 6.45) is 1.34. The van der Waals surface area contributed by atoms with Crippen molar-refractivity contribution in [1.82, 2.24) is 15.2 Å². The second-order valence-electron chi connectivity index (χ2n) is 7.24. The van der Waals surface area contributed by atoms with Crippen molar-refractivity contribution in [3.05, 3.63) is 46.5 Å². The van der Waals surface area contributed by atoms with Gasteiger partial charge in [0.25, 0.3) is 5.91 Å². The van der Waals surface area contributed by atoms with Crippen molar-refractivity contribution in [2.75, 3.05) is 6.54 Å². The summed E-state index contributed by atoms with van der Waals surface area (Å²) < 4.78 is 0. The van der Waals surface area contributed by atoms with E-state index in [0.717, 1.165) is 24.2 Å². The van der Waals surface area contributed by atoms with E-state index in [-0.39, 0.29) is 48.4 Å². The second-order valence-corrected chi connectivity index (χ2v) is 8.22. The van der Waals surface area contributed by atoms with Gasteiger partial charge < -0.3 is 26.8 Å². The van der Waals surface area contributed by atoms with Gasteiger partial charge in [-0.1, -0.05) is 41.7 Å². The minimum atomic E-state index is -1.03. The van der Waals surface area contributed by atoms with Gasteiger partial charge in [0, 0.05) is 6.04 Å². The number of amides is 2. The van der Waals surface area contributed by atoms with E-state index in [2.05, 4.69) is 15.3 Å². The fraction of sp³-hybridized carbons (Fsp3) is 0.350. The number of halogens is 1. The predicted molar refractivity (Wildman–Crippen MR) is 123 cm³/mol. The first-order chi connectivity index (χ1) is 14.7. The van der Waals surface area contributed by atoms with Gasteiger partial charge >= 0.3 is 5.97 Å². The molecule has 172 valence electrons. The smallest absolute Gasteiger partial charge is 0.305 e. The van der Waals surface area contributed by atoms with Crippen LogP contribution in [0.2, 0.25) is 0 Å². The molecule has 10 nitrogen and oxygen atoms in total. The van der Waals surface area contributed by atoms with Crippen LogP contribution in [0.4, 0.5) is 5.13 Å². The number of aliphatic imine (C=N–C) groups is 1. The van der Waals surface area contributed by atoms with Crippen LogP contribution in [0.1, 0.15) is 46.2 Å². The Bertz CT molecular complexity index is 1000. The predicted octanol–water partition coefficient (Wildman–Crippen LogP) is 1.72. The lowest BCUT2D eigenvalue weighted by molar-refractivity contribution is -0.137. The lowest BCUT2D eigenvalue weighted by Crippen LogP contribution is -2.43. The molecular weight excluding hydrogens is 456 g/mol. The first-order valence-corrected chi connectivity index (χ1v) is 10.5. The molecule has 0 saturated heterocycles. The molecule has 2 aromatic rings. The second kappa shape index (κ2) is 10.9. The molecule has 1 heterocycles. The number of carbonyl (C=O) groups excluding carboxylic acids is 2. The average molecular weight is 481 g/mol. The maximum atomic E-state index is 13.1. The molecule has 1 saturated carbocycles. The monoisotopic (exact) mass is 480 g/mol. The zero-order valence-electron chi connectivity index (χ0n) is 17.4. The number of aliphatic carboxylic acids is 1. The number of benzene rings is 1. The molecule has 1 aromatic carbocycles. The zero-order valence-corrected chi connectivity index (χ0v) is 19.0. The summed E-state index contributed by atoms with van der Waals surface area (Å²) >= 11 is 1.06. The van der Waals surface area contributed by atoms with Crippen molar-refractivity contribution in [3.8, 4) is 0 Å². The highest BCUT2D eigenvalue weighted by molar-refractivity contribution is 7.17. The van der Waals surface area contributed by atoms with E-state index in [9.17, 15) is 19.5 Å². The topological polar surface area (TPSA) is 164 Å². The molecule has 1 aliphatic rings. The number of aryl methyl sites for hydroxylation is 1. The number of carboxylic acids is 1. The van der Waals surface area contributed by atoms with Crippen LogP contribution in [0.3, 0.4) is 0 Å². The Morgan fingerprint density at radius 2 is 1.94 bits per heavy atom. The van der Waals surface area contributed by atoms with Crippen LogP contribution in [-0.2, 0) is 9.59 Å². The summed E-state index contributed by atoms with van der Waals surface area (Å²) in [7, 11) is 0. The maximum absolute atomic E-state index is 13.1. The minimum Gasteiger partial charge on any atom is -0.481 e. The van der Waals surface area contributed by atoms with Crippen LogP contribution in [0.25, 0.3) is 0 Å². The molecule has 0 bridgehead atoms. The summed E-state index contributed by atoms with van der Waals surface area (Å²) in [6, 6.07) is 8.13. The van der Waals surface area contributed by atoms with Crippen LogP contribution >= 0.6 is 23.7 Å². The summed E-state index contributed by atoms with van der Waals surface area (Å²) in [5.41, 5.74) is 11.9. The number of rotatable bonds is 9. The highest BCUT2D eigenvalue weighted by atomic mass is 35.5. The average Bonchev–Trinajstić information content (AvgIpc) is 3.48. The highest BCUT2D eigenvalue weighted by Gasteiger charge is 2.36. The normalized spacial score (nSPS) is 13.4. The van der Waals surface area contributed by atoms with E-state index in [1.165, 1.54) is 4.90 Å². The Balaban J connectivity index is 0.00000363. The maximum Gasteiger partial charge on any atom is 0.305 e. The van der Waals surface area contributed by atoms with Gasteiger partial charge in [0.2, 0.25) is 11.0 Å². The SMILES string of the molecule is Cc1nc(N=C(N)N)sc1C(=O)N(CC(=O)NC(CC(=O)O)c1ccccc1)C1CC1.Cl. The largest absolute Gasteiger partial charge is 0.481 e. The summed E-state index contributed by atoms with van der Waals surface area (Å²) in [5.74, 6) is -1.94. The van der Waals surface area contributed by atoms with Gasteiger partial charge in [0.1, 0.15) is 11.4 Å². The third kappa shape index (κ3) is 6.66. The Labute approximate surface area is 195 Å². The van der Waals surface area contributed by atoms with Gasteiger partial charge in [-0.05, 0) is 25.3 Å². The molecule has 1 aromatic heterocycles. The van der Waals surface area contributed by atoms with Gasteiger partial charge in [0.05, 0.1) is 18.2 Å². The molecule has 32 heavy (non-hydrogen) atoms. The van der Waals surface area contributed by atoms with Gasteiger partial charge in [-0.3, -0.25) is 14.4 Å². The Kier molecular flexibility index (Phi) is 8.56. The molecule has 3 rings (SSSR count). The van der Waals surface area contributed by atoms with Crippen molar-refractivity contribution in [2.24, 2.45) is 16.5 Å². The first-order valence-electron chi connectivity index (χ1n) is 9.68. The van der Waals surface area contributed by atoms with Crippen molar-refractivity contribution < 1.29 is 19.5 Å². The van der Waals surface area contributed by atoms with Gasteiger partial charge in [-0.15, -0.1) is 12.4 Å². The molecule has 1 fully saturated rings. The third-order valence-corrected chi connectivity index (χ3v) is 5.72. The van der Waals surface area contributed by atoms with E-state index >= 15 is 0 Å². The van der Waals surface area contributed by atoms with Crippen LogP contribution < -0.4 is 16.8 Å². The van der Waals surface area contributed by atoms with Crippen molar-refractivity contribution in [2.45, 2.75) is 38.3 Å². The number of nitrogens with two attached hydrogens (primary N) is 2. The number of aromatic nitrogens is 1. The van der Waals surface area contributed by atoms with Crippen molar-refractivity contribution >= 4 is 52.6 Å². The van der Waals surface area contributed by atoms with Crippen LogP contribution in [0.5, 0.6) is 0 Å². The highest BCUT2D eigenvalue weighted by Crippen LogP contribution is 2.32.